The minimum atomic E-state index is -3.34. The summed E-state index contributed by atoms with van der Waals surface area (Å²) < 4.78 is 25.9. The van der Waals surface area contributed by atoms with E-state index in [2.05, 4.69) is 17.1 Å². The fourth-order valence-electron chi connectivity index (χ4n) is 2.37. The third-order valence-corrected chi connectivity index (χ3v) is 5.19. The largest absolute Gasteiger partial charge is 0.266 e. The van der Waals surface area contributed by atoms with Crippen molar-refractivity contribution in [3.8, 4) is 0 Å². The lowest BCUT2D eigenvalue weighted by Crippen LogP contribution is -2.38. The number of rotatable bonds is 4. The second-order valence-electron chi connectivity index (χ2n) is 4.56. The molecule has 96 valence electrons. The molecule has 0 saturated carbocycles. The molecule has 0 spiro atoms. The van der Waals surface area contributed by atoms with E-state index in [9.17, 15) is 8.42 Å². The van der Waals surface area contributed by atoms with Crippen molar-refractivity contribution in [1.29, 1.82) is 0 Å². The third kappa shape index (κ3) is 2.69. The maximum atomic E-state index is 12.2. The molecule has 1 N–H and O–H groups in total. The van der Waals surface area contributed by atoms with E-state index in [1.807, 2.05) is 0 Å². The molecule has 1 aromatic rings. The van der Waals surface area contributed by atoms with Crippen LogP contribution in [0.25, 0.3) is 0 Å². The molecule has 0 unspecified atom stereocenters. The molecule has 0 atom stereocenters. The van der Waals surface area contributed by atoms with Crippen molar-refractivity contribution in [2.45, 2.75) is 37.6 Å². The second-order valence-corrected chi connectivity index (χ2v) is 6.46. The Hall–Kier alpha value is -0.880. The summed E-state index contributed by atoms with van der Waals surface area (Å²) in [6.07, 6.45) is 5.80. The highest BCUT2D eigenvalue weighted by Gasteiger charge is 2.29. The van der Waals surface area contributed by atoms with Crippen molar-refractivity contribution in [2.75, 3.05) is 13.1 Å². The molecule has 0 aromatic carbocycles. The van der Waals surface area contributed by atoms with Gasteiger partial charge in [0.15, 0.2) is 5.03 Å². The molecule has 5 nitrogen and oxygen atoms in total. The van der Waals surface area contributed by atoms with Crippen LogP contribution in [0.4, 0.5) is 0 Å². The Labute approximate surface area is 102 Å². The summed E-state index contributed by atoms with van der Waals surface area (Å²) in [5, 5.41) is 6.43. The summed E-state index contributed by atoms with van der Waals surface area (Å²) in [4.78, 5) is 0. The smallest absolute Gasteiger partial charge is 0.259 e. The van der Waals surface area contributed by atoms with Gasteiger partial charge in [-0.15, -0.1) is 0 Å². The Kier molecular flexibility index (Phi) is 3.83. The van der Waals surface area contributed by atoms with Crippen LogP contribution in [-0.4, -0.2) is 36.0 Å². The van der Waals surface area contributed by atoms with E-state index in [0.29, 0.717) is 19.0 Å². The molecule has 0 bridgehead atoms. The zero-order valence-corrected chi connectivity index (χ0v) is 10.9. The topological polar surface area (TPSA) is 66.1 Å². The summed E-state index contributed by atoms with van der Waals surface area (Å²) in [6.45, 7) is 3.44. The highest BCUT2D eigenvalue weighted by molar-refractivity contribution is 7.89. The van der Waals surface area contributed by atoms with Gasteiger partial charge >= 0.3 is 0 Å². The molecule has 1 aromatic heterocycles. The van der Waals surface area contributed by atoms with Gasteiger partial charge in [0.25, 0.3) is 10.0 Å². The normalized spacial score (nSPS) is 19.6. The molecule has 0 radical (unpaired) electrons. The zero-order chi connectivity index (χ0) is 12.3. The molecule has 0 amide bonds. The van der Waals surface area contributed by atoms with Gasteiger partial charge in [0.05, 0.1) is 6.20 Å². The van der Waals surface area contributed by atoms with Crippen LogP contribution in [0.1, 0.15) is 32.6 Å². The quantitative estimate of drug-likeness (QED) is 0.891. The maximum Gasteiger partial charge on any atom is 0.259 e. The number of nitrogens with zero attached hydrogens (tertiary/aromatic N) is 2. The molecule has 2 rings (SSSR count). The molecule has 1 fully saturated rings. The van der Waals surface area contributed by atoms with Crippen LogP contribution >= 0.6 is 0 Å². The highest BCUT2D eigenvalue weighted by atomic mass is 32.2. The predicted octanol–water partition coefficient (Wildman–Crippen LogP) is 1.61. The van der Waals surface area contributed by atoms with E-state index in [4.69, 9.17) is 0 Å². The molecule has 1 aliphatic rings. The number of hydrogen-bond donors (Lipinski definition) is 1. The fraction of sp³-hybridized carbons (Fsp3) is 0.727. The Bertz CT molecular complexity index is 433. The monoisotopic (exact) mass is 257 g/mol. The first-order valence-corrected chi connectivity index (χ1v) is 7.58. The number of aromatic amines is 1. The van der Waals surface area contributed by atoms with Crippen LogP contribution in [0.5, 0.6) is 0 Å². The van der Waals surface area contributed by atoms with Crippen molar-refractivity contribution in [3.05, 3.63) is 12.3 Å². The van der Waals surface area contributed by atoms with Crippen LogP contribution < -0.4 is 0 Å². The maximum absolute atomic E-state index is 12.2. The lowest BCUT2D eigenvalue weighted by atomic mass is 9.94. The van der Waals surface area contributed by atoms with Gasteiger partial charge in [0, 0.05) is 13.1 Å². The van der Waals surface area contributed by atoms with E-state index >= 15 is 0 Å². The third-order valence-electron chi connectivity index (χ3n) is 3.36. The van der Waals surface area contributed by atoms with E-state index in [0.717, 1.165) is 12.8 Å². The Morgan fingerprint density at radius 3 is 2.71 bits per heavy atom. The van der Waals surface area contributed by atoms with Gasteiger partial charge in [-0.25, -0.2) is 8.42 Å². The highest BCUT2D eigenvalue weighted by Crippen LogP contribution is 2.25. The fourth-order valence-corrected chi connectivity index (χ4v) is 3.74. The van der Waals surface area contributed by atoms with E-state index < -0.39 is 10.0 Å². The first-order valence-electron chi connectivity index (χ1n) is 6.14. The van der Waals surface area contributed by atoms with Crippen LogP contribution in [0, 0.1) is 5.92 Å². The first-order chi connectivity index (χ1) is 8.14. The van der Waals surface area contributed by atoms with Crippen molar-refractivity contribution < 1.29 is 8.42 Å². The molecule has 1 aliphatic heterocycles. The standard InChI is InChI=1S/C11H19N3O2S/c1-2-3-10-5-8-14(9-6-10)17(15,16)11-4-7-12-13-11/h4,7,10H,2-3,5-6,8-9H2,1H3,(H,12,13). The van der Waals surface area contributed by atoms with Gasteiger partial charge < -0.3 is 0 Å². The van der Waals surface area contributed by atoms with Crippen LogP contribution in [0.3, 0.4) is 0 Å². The summed E-state index contributed by atoms with van der Waals surface area (Å²) in [5.74, 6) is 0.688. The zero-order valence-electron chi connectivity index (χ0n) is 10.1. The van der Waals surface area contributed by atoms with Crippen LogP contribution in [0.2, 0.25) is 0 Å². The van der Waals surface area contributed by atoms with Gasteiger partial charge in [0.2, 0.25) is 0 Å². The minimum absolute atomic E-state index is 0.200. The van der Waals surface area contributed by atoms with Crippen LogP contribution in [0.15, 0.2) is 17.3 Å². The van der Waals surface area contributed by atoms with E-state index in [1.54, 1.807) is 4.31 Å². The van der Waals surface area contributed by atoms with Gasteiger partial charge in [-0.2, -0.15) is 9.40 Å². The van der Waals surface area contributed by atoms with Gasteiger partial charge in [0.1, 0.15) is 0 Å². The van der Waals surface area contributed by atoms with Crippen molar-refractivity contribution in [2.24, 2.45) is 5.92 Å². The molecular weight excluding hydrogens is 238 g/mol. The Balaban J connectivity index is 2.01. The molecule has 17 heavy (non-hydrogen) atoms. The number of aromatic nitrogens is 2. The number of hydrogen-bond acceptors (Lipinski definition) is 3. The van der Waals surface area contributed by atoms with Gasteiger partial charge in [-0.05, 0) is 24.8 Å². The lowest BCUT2D eigenvalue weighted by molar-refractivity contribution is 0.262. The summed E-state index contributed by atoms with van der Waals surface area (Å²) in [7, 11) is -3.34. The van der Waals surface area contributed by atoms with Crippen LogP contribution in [-0.2, 0) is 10.0 Å². The Morgan fingerprint density at radius 2 is 2.18 bits per heavy atom. The van der Waals surface area contributed by atoms with E-state index in [-0.39, 0.29) is 5.03 Å². The average Bonchev–Trinajstić information content (AvgIpc) is 2.84. The molecule has 1 saturated heterocycles. The SMILES string of the molecule is CCCC1CCN(S(=O)(=O)c2ccn[nH]2)CC1. The number of sulfonamides is 1. The molecule has 6 heteroatoms. The van der Waals surface area contributed by atoms with Gasteiger partial charge in [-0.1, -0.05) is 19.8 Å². The van der Waals surface area contributed by atoms with Crippen molar-refractivity contribution in [1.82, 2.24) is 14.5 Å². The van der Waals surface area contributed by atoms with Crippen molar-refractivity contribution in [3.63, 3.8) is 0 Å². The number of nitrogens with one attached hydrogen (secondary N) is 1. The molecule has 0 aliphatic carbocycles. The molecular formula is C11H19N3O2S. The summed E-state index contributed by atoms with van der Waals surface area (Å²) in [5.41, 5.74) is 0. The average molecular weight is 257 g/mol. The molecule has 2 heterocycles. The number of H-pyrrole nitrogens is 1. The summed E-state index contributed by atoms with van der Waals surface area (Å²) >= 11 is 0. The number of piperidine rings is 1. The Morgan fingerprint density at radius 1 is 1.47 bits per heavy atom. The van der Waals surface area contributed by atoms with Gasteiger partial charge in [-0.3, -0.25) is 5.10 Å². The first kappa shape index (κ1) is 12.6. The van der Waals surface area contributed by atoms with E-state index in [1.165, 1.54) is 25.1 Å². The summed E-state index contributed by atoms with van der Waals surface area (Å²) in [6, 6.07) is 1.51. The van der Waals surface area contributed by atoms with Crippen molar-refractivity contribution >= 4 is 10.0 Å². The second kappa shape index (κ2) is 5.18. The lowest BCUT2D eigenvalue weighted by Gasteiger charge is -2.30. The predicted molar refractivity (Wildman–Crippen MR) is 65.0 cm³/mol. The minimum Gasteiger partial charge on any atom is -0.266 e.